The predicted octanol–water partition coefficient (Wildman–Crippen LogP) is 2.54. The van der Waals surface area contributed by atoms with Crippen LogP contribution in [0.3, 0.4) is 0 Å². The van der Waals surface area contributed by atoms with Gasteiger partial charge in [0.15, 0.2) is 0 Å². The Labute approximate surface area is 96.2 Å². The Morgan fingerprint density at radius 2 is 1.88 bits per heavy atom. The number of nitrogens with zero attached hydrogens (tertiary/aromatic N) is 1. The highest BCUT2D eigenvalue weighted by atomic mass is 16.3. The first-order chi connectivity index (χ1) is 7.83. The van der Waals surface area contributed by atoms with Gasteiger partial charge in [0, 0.05) is 31.5 Å². The van der Waals surface area contributed by atoms with Crippen molar-refractivity contribution in [2.24, 2.45) is 7.05 Å². The van der Waals surface area contributed by atoms with Crippen LogP contribution < -0.4 is 0 Å². The van der Waals surface area contributed by atoms with E-state index in [2.05, 4.69) is 22.8 Å². The quantitative estimate of drug-likeness (QED) is 0.833. The molecule has 0 saturated carbocycles. The number of aromatic nitrogens is 1. The molecule has 0 radical (unpaired) electrons. The molecule has 1 aromatic carbocycles. The van der Waals surface area contributed by atoms with Crippen molar-refractivity contribution < 1.29 is 5.11 Å². The van der Waals surface area contributed by atoms with E-state index in [1.807, 2.05) is 37.5 Å². The molecule has 0 aliphatic carbocycles. The molecular formula is C14H17NO. The van der Waals surface area contributed by atoms with Crippen LogP contribution in [0.2, 0.25) is 0 Å². The van der Waals surface area contributed by atoms with Gasteiger partial charge in [0.25, 0.3) is 0 Å². The fraction of sp³-hybridized carbons (Fsp3) is 0.286. The van der Waals surface area contributed by atoms with Crippen LogP contribution >= 0.6 is 0 Å². The SMILES string of the molecule is Cn1cccc1C(CCO)c1ccccc1. The monoisotopic (exact) mass is 215 g/mol. The predicted molar refractivity (Wildman–Crippen MR) is 65.4 cm³/mol. The first kappa shape index (κ1) is 11.0. The third kappa shape index (κ3) is 2.17. The van der Waals surface area contributed by atoms with E-state index in [1.165, 1.54) is 11.3 Å². The molecule has 0 spiro atoms. The van der Waals surface area contributed by atoms with E-state index in [9.17, 15) is 5.11 Å². The Hall–Kier alpha value is -1.54. The first-order valence-electron chi connectivity index (χ1n) is 5.60. The second-order valence-corrected chi connectivity index (χ2v) is 4.02. The highest BCUT2D eigenvalue weighted by Crippen LogP contribution is 2.27. The van der Waals surface area contributed by atoms with E-state index >= 15 is 0 Å². The van der Waals surface area contributed by atoms with E-state index in [0.717, 1.165) is 6.42 Å². The van der Waals surface area contributed by atoms with Gasteiger partial charge in [-0.15, -0.1) is 0 Å². The average molecular weight is 215 g/mol. The van der Waals surface area contributed by atoms with Crippen molar-refractivity contribution in [3.05, 3.63) is 59.9 Å². The second-order valence-electron chi connectivity index (χ2n) is 4.02. The molecule has 0 amide bonds. The van der Waals surface area contributed by atoms with Gasteiger partial charge in [-0.25, -0.2) is 0 Å². The zero-order valence-corrected chi connectivity index (χ0v) is 9.50. The summed E-state index contributed by atoms with van der Waals surface area (Å²) in [6, 6.07) is 14.5. The lowest BCUT2D eigenvalue weighted by atomic mass is 9.93. The molecule has 0 fully saturated rings. The van der Waals surface area contributed by atoms with Gasteiger partial charge in [-0.2, -0.15) is 0 Å². The average Bonchev–Trinajstić information content (AvgIpc) is 2.73. The molecule has 0 saturated heterocycles. The molecule has 84 valence electrons. The second kappa shape index (κ2) is 4.99. The summed E-state index contributed by atoms with van der Waals surface area (Å²) < 4.78 is 2.12. The van der Waals surface area contributed by atoms with Gasteiger partial charge < -0.3 is 9.67 Å². The number of aliphatic hydroxyl groups excluding tert-OH is 1. The Balaban J connectivity index is 2.35. The van der Waals surface area contributed by atoms with E-state index in [1.54, 1.807) is 0 Å². The minimum Gasteiger partial charge on any atom is -0.396 e. The molecule has 1 atom stereocenters. The summed E-state index contributed by atoms with van der Waals surface area (Å²) in [5, 5.41) is 9.18. The molecule has 0 bridgehead atoms. The molecular weight excluding hydrogens is 198 g/mol. The number of hydrogen-bond donors (Lipinski definition) is 1. The topological polar surface area (TPSA) is 25.2 Å². The molecule has 1 aromatic heterocycles. The fourth-order valence-electron chi connectivity index (χ4n) is 2.14. The third-order valence-corrected chi connectivity index (χ3v) is 2.96. The van der Waals surface area contributed by atoms with Crippen molar-refractivity contribution in [3.8, 4) is 0 Å². The van der Waals surface area contributed by atoms with Crippen LogP contribution in [-0.4, -0.2) is 16.3 Å². The normalized spacial score (nSPS) is 12.6. The molecule has 1 unspecified atom stereocenters. The van der Waals surface area contributed by atoms with Gasteiger partial charge >= 0.3 is 0 Å². The zero-order valence-electron chi connectivity index (χ0n) is 9.50. The van der Waals surface area contributed by atoms with Crippen LogP contribution in [0.4, 0.5) is 0 Å². The van der Waals surface area contributed by atoms with Crippen molar-refractivity contribution in [3.63, 3.8) is 0 Å². The maximum absolute atomic E-state index is 9.18. The zero-order chi connectivity index (χ0) is 11.4. The fourth-order valence-corrected chi connectivity index (χ4v) is 2.14. The van der Waals surface area contributed by atoms with E-state index in [-0.39, 0.29) is 12.5 Å². The number of rotatable bonds is 4. The summed E-state index contributed by atoms with van der Waals surface area (Å²) in [6.45, 7) is 0.213. The van der Waals surface area contributed by atoms with Crippen molar-refractivity contribution in [1.29, 1.82) is 0 Å². The standard InChI is InChI=1S/C14H17NO/c1-15-10-5-8-14(15)13(9-11-16)12-6-3-2-4-7-12/h2-8,10,13,16H,9,11H2,1H3. The van der Waals surface area contributed by atoms with E-state index < -0.39 is 0 Å². The summed E-state index contributed by atoms with van der Waals surface area (Å²) >= 11 is 0. The lowest BCUT2D eigenvalue weighted by Crippen LogP contribution is -2.07. The summed E-state index contributed by atoms with van der Waals surface area (Å²) in [5.41, 5.74) is 2.51. The Morgan fingerprint density at radius 3 is 2.44 bits per heavy atom. The molecule has 16 heavy (non-hydrogen) atoms. The van der Waals surface area contributed by atoms with Crippen LogP contribution in [0.25, 0.3) is 0 Å². The van der Waals surface area contributed by atoms with Gasteiger partial charge in [0.05, 0.1) is 0 Å². The molecule has 2 rings (SSSR count). The number of benzene rings is 1. The summed E-state index contributed by atoms with van der Waals surface area (Å²) in [6.07, 6.45) is 2.81. The number of aryl methyl sites for hydroxylation is 1. The Bertz CT molecular complexity index is 433. The molecule has 1 N–H and O–H groups in total. The molecule has 2 aromatic rings. The molecule has 1 heterocycles. The molecule has 0 aliphatic heterocycles. The number of aliphatic hydroxyl groups is 1. The van der Waals surface area contributed by atoms with Crippen LogP contribution in [0.5, 0.6) is 0 Å². The maximum atomic E-state index is 9.18. The summed E-state index contributed by atoms with van der Waals surface area (Å²) in [5.74, 6) is 0.284. The van der Waals surface area contributed by atoms with Crippen molar-refractivity contribution in [2.75, 3.05) is 6.61 Å². The highest BCUT2D eigenvalue weighted by molar-refractivity contribution is 5.29. The Kier molecular flexibility index (Phi) is 3.42. The molecule has 2 nitrogen and oxygen atoms in total. The van der Waals surface area contributed by atoms with Crippen molar-refractivity contribution in [1.82, 2.24) is 4.57 Å². The van der Waals surface area contributed by atoms with Gasteiger partial charge in [-0.05, 0) is 24.1 Å². The lowest BCUT2D eigenvalue weighted by Gasteiger charge is -2.17. The lowest BCUT2D eigenvalue weighted by molar-refractivity contribution is 0.280. The van der Waals surface area contributed by atoms with Gasteiger partial charge in [-0.3, -0.25) is 0 Å². The van der Waals surface area contributed by atoms with Crippen LogP contribution in [0.15, 0.2) is 48.7 Å². The van der Waals surface area contributed by atoms with Crippen molar-refractivity contribution in [2.45, 2.75) is 12.3 Å². The van der Waals surface area contributed by atoms with Gasteiger partial charge in [0.2, 0.25) is 0 Å². The molecule has 2 heteroatoms. The minimum atomic E-state index is 0.213. The minimum absolute atomic E-state index is 0.213. The van der Waals surface area contributed by atoms with Gasteiger partial charge in [-0.1, -0.05) is 30.3 Å². The summed E-state index contributed by atoms with van der Waals surface area (Å²) in [7, 11) is 2.04. The third-order valence-electron chi connectivity index (χ3n) is 2.96. The van der Waals surface area contributed by atoms with E-state index in [0.29, 0.717) is 0 Å². The summed E-state index contributed by atoms with van der Waals surface area (Å²) in [4.78, 5) is 0. The smallest absolute Gasteiger partial charge is 0.0440 e. The van der Waals surface area contributed by atoms with Crippen molar-refractivity contribution >= 4 is 0 Å². The Morgan fingerprint density at radius 1 is 1.12 bits per heavy atom. The largest absolute Gasteiger partial charge is 0.396 e. The van der Waals surface area contributed by atoms with Crippen LogP contribution in [-0.2, 0) is 7.05 Å². The van der Waals surface area contributed by atoms with Crippen LogP contribution in [0.1, 0.15) is 23.6 Å². The maximum Gasteiger partial charge on any atom is 0.0440 e. The molecule has 0 aliphatic rings. The van der Waals surface area contributed by atoms with E-state index in [4.69, 9.17) is 0 Å². The first-order valence-corrected chi connectivity index (χ1v) is 5.60. The van der Waals surface area contributed by atoms with Crippen LogP contribution in [0, 0.1) is 0 Å². The van der Waals surface area contributed by atoms with Gasteiger partial charge in [0.1, 0.15) is 0 Å². The highest BCUT2D eigenvalue weighted by Gasteiger charge is 2.15. The number of hydrogen-bond acceptors (Lipinski definition) is 1.